The van der Waals surface area contributed by atoms with Crippen LogP contribution in [0.15, 0.2) is 34.6 Å². The van der Waals surface area contributed by atoms with E-state index in [1.165, 1.54) is 11.1 Å². The van der Waals surface area contributed by atoms with Crippen molar-refractivity contribution >= 4 is 11.4 Å². The van der Waals surface area contributed by atoms with Crippen molar-refractivity contribution in [3.8, 4) is 0 Å². The third-order valence-corrected chi connectivity index (χ3v) is 5.53. The Kier molecular flexibility index (Phi) is 5.84. The fourth-order valence-corrected chi connectivity index (χ4v) is 3.80. The van der Waals surface area contributed by atoms with Crippen LogP contribution in [0.5, 0.6) is 0 Å². The van der Waals surface area contributed by atoms with Crippen LogP contribution in [0.2, 0.25) is 0 Å². The van der Waals surface area contributed by atoms with Crippen LogP contribution in [0.4, 0.5) is 0 Å². The molecule has 2 aromatic rings. The van der Waals surface area contributed by atoms with Gasteiger partial charge in [0, 0.05) is 16.8 Å². The van der Waals surface area contributed by atoms with Crippen molar-refractivity contribution in [1.29, 1.82) is 0 Å². The summed E-state index contributed by atoms with van der Waals surface area (Å²) in [5.74, 6) is 0. The first kappa shape index (κ1) is 20.5. The van der Waals surface area contributed by atoms with Gasteiger partial charge in [-0.3, -0.25) is 9.97 Å². The molecular weight excluding hydrogens is 376 g/mol. The summed E-state index contributed by atoms with van der Waals surface area (Å²) in [4.78, 5) is 20.7. The summed E-state index contributed by atoms with van der Waals surface area (Å²) in [5, 5.41) is 8.81. The zero-order valence-electron chi connectivity index (χ0n) is 18.4. The number of rotatable bonds is 6. The second-order valence-electron chi connectivity index (χ2n) is 9.06. The van der Waals surface area contributed by atoms with E-state index >= 15 is 0 Å². The van der Waals surface area contributed by atoms with Gasteiger partial charge in [0.15, 0.2) is 0 Å². The van der Waals surface area contributed by atoms with Crippen LogP contribution in [0.3, 0.4) is 0 Å². The second kappa shape index (κ2) is 8.54. The molecule has 2 aromatic heterocycles. The zero-order chi connectivity index (χ0) is 21.1. The lowest BCUT2D eigenvalue weighted by Gasteiger charge is -2.22. The third kappa shape index (κ3) is 4.69. The Bertz CT molecular complexity index is 995. The number of aryl methyl sites for hydroxylation is 4. The molecule has 2 aliphatic carbocycles. The van der Waals surface area contributed by atoms with E-state index in [-0.39, 0.29) is 5.41 Å². The van der Waals surface area contributed by atoms with Gasteiger partial charge in [-0.1, -0.05) is 36.3 Å². The summed E-state index contributed by atoms with van der Waals surface area (Å²) in [6.07, 6.45) is 4.89. The highest BCUT2D eigenvalue weighted by Crippen LogP contribution is 2.24. The number of hydrogen-bond donors (Lipinski definition) is 0. The number of oxime groups is 2. The minimum Gasteiger partial charge on any atom is -0.395 e. The van der Waals surface area contributed by atoms with Crippen molar-refractivity contribution < 1.29 is 9.68 Å². The maximum Gasteiger partial charge on any atom is 0.125 e. The monoisotopic (exact) mass is 406 g/mol. The highest BCUT2D eigenvalue weighted by molar-refractivity contribution is 6.02. The molecule has 6 heteroatoms. The molecule has 30 heavy (non-hydrogen) atoms. The van der Waals surface area contributed by atoms with E-state index in [2.05, 4.69) is 52.3 Å². The molecule has 0 N–H and O–H groups in total. The van der Waals surface area contributed by atoms with E-state index in [4.69, 9.17) is 9.68 Å². The molecule has 2 heterocycles. The van der Waals surface area contributed by atoms with Crippen LogP contribution >= 0.6 is 0 Å². The molecule has 2 aliphatic rings. The van der Waals surface area contributed by atoms with E-state index in [0.29, 0.717) is 13.2 Å². The van der Waals surface area contributed by atoms with Crippen molar-refractivity contribution in [3.05, 3.63) is 58.2 Å². The maximum atomic E-state index is 5.74. The van der Waals surface area contributed by atoms with Gasteiger partial charge in [0.25, 0.3) is 0 Å². The van der Waals surface area contributed by atoms with E-state index in [1.807, 2.05) is 19.9 Å². The standard InChI is InChI=1S/C24H30N4O2/c1-16-8-10-18-6-5-7-20(22(18)25-16)27-29-14-24(3,4)15-30-28-21-13-12-19-11-9-17(2)26-23(19)21/h8-11H,5-7,12-15H2,1-4H3. The fourth-order valence-electron chi connectivity index (χ4n) is 3.80. The van der Waals surface area contributed by atoms with Gasteiger partial charge >= 0.3 is 0 Å². The molecule has 6 nitrogen and oxygen atoms in total. The Labute approximate surface area is 178 Å². The van der Waals surface area contributed by atoms with Crippen LogP contribution in [0, 0.1) is 19.3 Å². The minimum absolute atomic E-state index is 0.215. The number of fused-ring (bicyclic) bond motifs is 2. The van der Waals surface area contributed by atoms with E-state index in [1.54, 1.807) is 0 Å². The Hall–Kier alpha value is -2.76. The zero-order valence-corrected chi connectivity index (χ0v) is 18.4. The summed E-state index contributed by atoms with van der Waals surface area (Å²) < 4.78 is 0. The quantitative estimate of drug-likeness (QED) is 0.660. The van der Waals surface area contributed by atoms with Gasteiger partial charge in [-0.25, -0.2) is 0 Å². The van der Waals surface area contributed by atoms with Crippen LogP contribution in [0.25, 0.3) is 0 Å². The van der Waals surface area contributed by atoms with Gasteiger partial charge < -0.3 is 9.68 Å². The lowest BCUT2D eigenvalue weighted by Crippen LogP contribution is -2.24. The van der Waals surface area contributed by atoms with Crippen LogP contribution in [-0.2, 0) is 22.5 Å². The topological polar surface area (TPSA) is 69.0 Å². The fraction of sp³-hybridized carbons (Fsp3) is 0.500. The third-order valence-electron chi connectivity index (χ3n) is 5.53. The van der Waals surface area contributed by atoms with Crippen molar-refractivity contribution in [2.45, 2.75) is 59.8 Å². The summed E-state index contributed by atoms with van der Waals surface area (Å²) in [5.41, 5.74) is 8.16. The van der Waals surface area contributed by atoms with E-state index < -0.39 is 0 Å². The van der Waals surface area contributed by atoms with Gasteiger partial charge in [-0.2, -0.15) is 0 Å². The van der Waals surface area contributed by atoms with Crippen LogP contribution < -0.4 is 0 Å². The van der Waals surface area contributed by atoms with E-state index in [0.717, 1.165) is 66.3 Å². The van der Waals surface area contributed by atoms with Gasteiger partial charge in [-0.05, 0) is 69.2 Å². The molecule has 0 spiro atoms. The normalized spacial score (nSPS) is 18.4. The van der Waals surface area contributed by atoms with Gasteiger partial charge in [0.1, 0.15) is 24.6 Å². The molecule has 0 fully saturated rings. The predicted molar refractivity (Wildman–Crippen MR) is 118 cm³/mol. The highest BCUT2D eigenvalue weighted by atomic mass is 16.6. The van der Waals surface area contributed by atoms with Crippen molar-refractivity contribution in [1.82, 2.24) is 9.97 Å². The first-order valence-corrected chi connectivity index (χ1v) is 10.7. The number of pyridine rings is 2. The molecule has 0 unspecified atom stereocenters. The second-order valence-corrected chi connectivity index (χ2v) is 9.06. The molecule has 158 valence electrons. The predicted octanol–water partition coefficient (Wildman–Crippen LogP) is 4.54. The average molecular weight is 407 g/mol. The van der Waals surface area contributed by atoms with E-state index in [9.17, 15) is 0 Å². The van der Waals surface area contributed by atoms with Gasteiger partial charge in [0.05, 0.1) is 11.4 Å². The molecule has 0 atom stereocenters. The first-order valence-electron chi connectivity index (χ1n) is 10.7. The molecule has 0 radical (unpaired) electrons. The minimum atomic E-state index is -0.215. The summed E-state index contributed by atoms with van der Waals surface area (Å²) in [6, 6.07) is 8.40. The molecular formula is C24H30N4O2. The Morgan fingerprint density at radius 3 is 1.90 bits per heavy atom. The molecule has 4 rings (SSSR count). The molecule has 0 saturated heterocycles. The number of hydrogen-bond acceptors (Lipinski definition) is 6. The maximum absolute atomic E-state index is 5.74. The Morgan fingerprint density at radius 1 is 0.767 bits per heavy atom. The SMILES string of the molecule is Cc1ccc2c(n1)C(=NOCC(C)(C)CON=C1CCc3ccc(C)nc31)CCC2. The first-order chi connectivity index (χ1) is 14.4. The molecule has 0 saturated carbocycles. The van der Waals surface area contributed by atoms with Gasteiger partial charge in [0.2, 0.25) is 0 Å². The van der Waals surface area contributed by atoms with Crippen molar-refractivity contribution in [2.24, 2.45) is 15.7 Å². The molecule has 0 bridgehead atoms. The van der Waals surface area contributed by atoms with Crippen molar-refractivity contribution in [3.63, 3.8) is 0 Å². The summed E-state index contributed by atoms with van der Waals surface area (Å²) >= 11 is 0. The Balaban J connectivity index is 1.34. The smallest absolute Gasteiger partial charge is 0.125 e. The highest BCUT2D eigenvalue weighted by Gasteiger charge is 2.24. The summed E-state index contributed by atoms with van der Waals surface area (Å²) in [6.45, 7) is 9.10. The van der Waals surface area contributed by atoms with Crippen LogP contribution in [-0.4, -0.2) is 34.6 Å². The summed E-state index contributed by atoms with van der Waals surface area (Å²) in [7, 11) is 0. The number of aromatic nitrogens is 2. The molecule has 0 amide bonds. The van der Waals surface area contributed by atoms with Crippen LogP contribution in [0.1, 0.15) is 67.0 Å². The lowest BCUT2D eigenvalue weighted by atomic mass is 9.94. The number of nitrogens with zero attached hydrogens (tertiary/aromatic N) is 4. The average Bonchev–Trinajstić information content (AvgIpc) is 3.10. The molecule has 0 aromatic carbocycles. The van der Waals surface area contributed by atoms with Gasteiger partial charge in [-0.15, -0.1) is 0 Å². The van der Waals surface area contributed by atoms with Crippen molar-refractivity contribution in [2.75, 3.05) is 13.2 Å². The Morgan fingerprint density at radius 2 is 1.30 bits per heavy atom. The lowest BCUT2D eigenvalue weighted by molar-refractivity contribution is -0.000228. The largest absolute Gasteiger partial charge is 0.395 e. The molecule has 0 aliphatic heterocycles.